The summed E-state index contributed by atoms with van der Waals surface area (Å²) < 4.78 is 11.1. The van der Waals surface area contributed by atoms with Gasteiger partial charge in [-0.15, -0.1) is 0 Å². The number of carbonyl (C=O) groups excluding carboxylic acids is 2. The lowest BCUT2D eigenvalue weighted by molar-refractivity contribution is -0.384. The smallest absolute Gasteiger partial charge is 0.338 e. The highest BCUT2D eigenvalue weighted by atomic mass is 35.5. The third-order valence-electron chi connectivity index (χ3n) is 6.34. The second-order valence-electron chi connectivity index (χ2n) is 8.78. The molecule has 0 spiro atoms. The molecule has 0 radical (unpaired) electrons. The van der Waals surface area contributed by atoms with E-state index in [0.717, 1.165) is 12.8 Å². The molecule has 9 nitrogen and oxygen atoms in total. The molecule has 0 fully saturated rings. The number of amides is 1. The molecule has 0 saturated heterocycles. The zero-order chi connectivity index (χ0) is 27.0. The summed E-state index contributed by atoms with van der Waals surface area (Å²) >= 11 is 6.11. The lowest BCUT2D eigenvalue weighted by Gasteiger charge is -2.25. The van der Waals surface area contributed by atoms with Crippen molar-refractivity contribution in [3.63, 3.8) is 0 Å². The third kappa shape index (κ3) is 4.41. The van der Waals surface area contributed by atoms with Crippen LogP contribution in [0.1, 0.15) is 57.8 Å². The van der Waals surface area contributed by atoms with Crippen LogP contribution in [0, 0.1) is 10.1 Å². The van der Waals surface area contributed by atoms with Crippen LogP contribution in [0.4, 0.5) is 11.4 Å². The fraction of sp³-hybridized carbons (Fsp3) is 0.179. The number of ether oxygens (including phenoxy) is 1. The normalized spacial score (nSPS) is 14.5. The van der Waals surface area contributed by atoms with Crippen molar-refractivity contribution in [3.05, 3.63) is 115 Å². The van der Waals surface area contributed by atoms with Crippen molar-refractivity contribution >= 4 is 45.8 Å². The second kappa shape index (κ2) is 10.1. The summed E-state index contributed by atoms with van der Waals surface area (Å²) in [5, 5.41) is 12.0. The van der Waals surface area contributed by atoms with Crippen molar-refractivity contribution in [2.24, 2.45) is 0 Å². The largest absolute Gasteiger partial charge is 0.462 e. The number of non-ortho nitro benzene ring substituents is 1. The van der Waals surface area contributed by atoms with Crippen LogP contribution in [-0.4, -0.2) is 23.4 Å². The van der Waals surface area contributed by atoms with E-state index in [9.17, 15) is 24.5 Å². The minimum absolute atomic E-state index is 0.0494. The number of hydrogen-bond acceptors (Lipinski definition) is 7. The fourth-order valence-corrected chi connectivity index (χ4v) is 4.66. The van der Waals surface area contributed by atoms with Gasteiger partial charge in [0.2, 0.25) is 5.76 Å². The number of hydrogen-bond donors (Lipinski definition) is 0. The summed E-state index contributed by atoms with van der Waals surface area (Å²) in [5.41, 5.74) is 0.599. The van der Waals surface area contributed by atoms with Crippen molar-refractivity contribution < 1.29 is 23.7 Å². The van der Waals surface area contributed by atoms with E-state index >= 15 is 0 Å². The van der Waals surface area contributed by atoms with Gasteiger partial charge in [-0.05, 0) is 54.4 Å². The van der Waals surface area contributed by atoms with Gasteiger partial charge < -0.3 is 9.15 Å². The van der Waals surface area contributed by atoms with Crippen LogP contribution in [0.3, 0.4) is 0 Å². The van der Waals surface area contributed by atoms with E-state index in [1.54, 1.807) is 24.3 Å². The monoisotopic (exact) mass is 532 g/mol. The Morgan fingerprint density at radius 2 is 1.87 bits per heavy atom. The number of halogens is 1. The zero-order valence-electron chi connectivity index (χ0n) is 20.2. The van der Waals surface area contributed by atoms with Gasteiger partial charge in [0.05, 0.1) is 34.1 Å². The van der Waals surface area contributed by atoms with Gasteiger partial charge in [0.25, 0.3) is 11.6 Å². The first-order valence-corrected chi connectivity index (χ1v) is 12.3. The Morgan fingerprint density at radius 3 is 2.58 bits per heavy atom. The van der Waals surface area contributed by atoms with E-state index in [4.69, 9.17) is 20.8 Å². The summed E-state index contributed by atoms with van der Waals surface area (Å²) in [5.74, 6) is -1.25. The molecular formula is C28H21ClN2O7. The third-order valence-corrected chi connectivity index (χ3v) is 6.58. The average molecular weight is 533 g/mol. The van der Waals surface area contributed by atoms with Crippen LogP contribution in [0.5, 0.6) is 0 Å². The van der Waals surface area contributed by atoms with Crippen LogP contribution in [0.15, 0.2) is 75.9 Å². The van der Waals surface area contributed by atoms with Gasteiger partial charge in [0.15, 0.2) is 5.43 Å². The maximum atomic E-state index is 13.7. The van der Waals surface area contributed by atoms with Crippen LogP contribution in [0.25, 0.3) is 11.0 Å². The number of nitro benzene ring substituents is 1. The lowest BCUT2D eigenvalue weighted by atomic mass is 9.97. The molecular weight excluding hydrogens is 512 g/mol. The van der Waals surface area contributed by atoms with Crippen LogP contribution >= 0.6 is 11.6 Å². The molecule has 2 heterocycles. The van der Waals surface area contributed by atoms with E-state index in [0.29, 0.717) is 28.4 Å². The number of nitrogens with zero attached hydrogens (tertiary/aromatic N) is 2. The molecule has 1 atom stereocenters. The van der Waals surface area contributed by atoms with Crippen molar-refractivity contribution in [2.45, 2.75) is 25.8 Å². The van der Waals surface area contributed by atoms with Gasteiger partial charge in [-0.2, -0.15) is 0 Å². The number of benzene rings is 3. The fourth-order valence-electron chi connectivity index (χ4n) is 4.49. The highest BCUT2D eigenvalue weighted by Crippen LogP contribution is 2.42. The van der Waals surface area contributed by atoms with Gasteiger partial charge in [0.1, 0.15) is 5.58 Å². The van der Waals surface area contributed by atoms with Crippen molar-refractivity contribution in [1.29, 1.82) is 0 Å². The summed E-state index contributed by atoms with van der Waals surface area (Å²) in [6, 6.07) is 15.4. The number of carbonyl (C=O) groups is 2. The average Bonchev–Trinajstić information content (AvgIpc) is 3.21. The summed E-state index contributed by atoms with van der Waals surface area (Å²) in [6.45, 7) is 2.29. The molecule has 5 rings (SSSR count). The van der Waals surface area contributed by atoms with Gasteiger partial charge in [0, 0.05) is 22.8 Å². The van der Waals surface area contributed by atoms with Crippen molar-refractivity contribution in [1.82, 2.24) is 0 Å². The zero-order valence-corrected chi connectivity index (χ0v) is 20.9. The molecule has 1 aromatic heterocycles. The number of nitro groups is 1. The van der Waals surface area contributed by atoms with E-state index < -0.39 is 28.3 Å². The van der Waals surface area contributed by atoms with Gasteiger partial charge in [-0.1, -0.05) is 37.1 Å². The molecule has 1 aliphatic rings. The lowest BCUT2D eigenvalue weighted by Crippen LogP contribution is -2.29. The van der Waals surface area contributed by atoms with Crippen molar-refractivity contribution in [3.8, 4) is 0 Å². The minimum Gasteiger partial charge on any atom is -0.462 e. The topological polar surface area (TPSA) is 120 Å². The quantitative estimate of drug-likeness (QED) is 0.123. The first-order chi connectivity index (χ1) is 18.3. The molecule has 38 heavy (non-hydrogen) atoms. The molecule has 0 N–H and O–H groups in total. The Balaban J connectivity index is 1.65. The number of unbranched alkanes of at least 4 members (excludes halogenated alkanes) is 1. The Kier molecular flexibility index (Phi) is 6.69. The van der Waals surface area contributed by atoms with E-state index in [2.05, 4.69) is 0 Å². The molecule has 0 aliphatic carbocycles. The van der Waals surface area contributed by atoms with Crippen LogP contribution in [0.2, 0.25) is 5.02 Å². The standard InChI is InChI=1S/C28H21ClN2O7/c1-2-3-13-37-28(34)16-7-10-19(11-8-16)30-24(17-5-4-6-20(14-17)31(35)36)23-25(32)21-15-18(29)9-12-22(21)38-26(23)27(30)33/h4-12,14-15,24H,2-3,13H2,1H3. The van der Waals surface area contributed by atoms with Crippen LogP contribution < -0.4 is 10.3 Å². The molecule has 0 saturated carbocycles. The molecule has 3 aromatic carbocycles. The maximum Gasteiger partial charge on any atom is 0.338 e. The van der Waals surface area contributed by atoms with E-state index in [-0.39, 0.29) is 28.0 Å². The first kappa shape index (κ1) is 25.2. The number of rotatable bonds is 7. The molecule has 192 valence electrons. The molecule has 1 unspecified atom stereocenters. The summed E-state index contributed by atoms with van der Waals surface area (Å²) in [6.07, 6.45) is 1.63. The highest BCUT2D eigenvalue weighted by molar-refractivity contribution is 6.31. The van der Waals surface area contributed by atoms with E-state index in [1.165, 1.54) is 47.4 Å². The number of anilines is 1. The predicted octanol–water partition coefficient (Wildman–Crippen LogP) is 6.06. The Morgan fingerprint density at radius 1 is 1.11 bits per heavy atom. The van der Waals surface area contributed by atoms with Gasteiger partial charge in [-0.3, -0.25) is 24.6 Å². The Hall–Kier alpha value is -4.50. The maximum absolute atomic E-state index is 13.7. The summed E-state index contributed by atoms with van der Waals surface area (Å²) in [7, 11) is 0. The molecule has 1 amide bonds. The van der Waals surface area contributed by atoms with Crippen LogP contribution in [-0.2, 0) is 4.74 Å². The minimum atomic E-state index is -1.01. The molecule has 1 aliphatic heterocycles. The van der Waals surface area contributed by atoms with Gasteiger partial charge in [-0.25, -0.2) is 4.79 Å². The molecule has 4 aromatic rings. The SMILES string of the molecule is CCCCOC(=O)c1ccc(N2C(=O)c3oc4ccc(Cl)cc4c(=O)c3C2c2cccc([N+](=O)[O-])c2)cc1. The van der Waals surface area contributed by atoms with Crippen molar-refractivity contribution in [2.75, 3.05) is 11.5 Å². The predicted molar refractivity (Wildman–Crippen MR) is 141 cm³/mol. The summed E-state index contributed by atoms with van der Waals surface area (Å²) in [4.78, 5) is 52.0. The number of esters is 1. The Labute approximate surface area is 221 Å². The van der Waals surface area contributed by atoms with E-state index in [1.807, 2.05) is 6.92 Å². The first-order valence-electron chi connectivity index (χ1n) is 11.9. The molecule has 10 heteroatoms. The second-order valence-corrected chi connectivity index (χ2v) is 9.22. The Bertz CT molecular complexity index is 1650. The van der Waals surface area contributed by atoms with Gasteiger partial charge >= 0.3 is 5.97 Å². The molecule has 0 bridgehead atoms. The number of fused-ring (bicyclic) bond motifs is 2. The highest BCUT2D eigenvalue weighted by Gasteiger charge is 2.44.